The lowest BCUT2D eigenvalue weighted by Gasteiger charge is -2.49. The molecule has 3 heteroatoms. The maximum Gasteiger partial charge on any atom is 0.0332 e. The van der Waals surface area contributed by atoms with E-state index in [1.165, 1.54) is 44.5 Å². The number of rotatable bonds is 2. The van der Waals surface area contributed by atoms with Crippen LogP contribution in [0.1, 0.15) is 44.7 Å². The van der Waals surface area contributed by atoms with Gasteiger partial charge in [-0.25, -0.2) is 0 Å². The fourth-order valence-electron chi connectivity index (χ4n) is 3.62. The highest BCUT2D eigenvalue weighted by atomic mass is 32.1. The molecule has 0 bridgehead atoms. The molecule has 100 valence electrons. The summed E-state index contributed by atoms with van der Waals surface area (Å²) < 4.78 is 0. The topological polar surface area (TPSA) is 6.48 Å². The van der Waals surface area contributed by atoms with Crippen LogP contribution in [-0.2, 0) is 0 Å². The number of piperidine rings is 1. The molecule has 0 amide bonds. The van der Waals surface area contributed by atoms with E-state index in [4.69, 9.17) is 0 Å². The zero-order valence-corrected chi connectivity index (χ0v) is 12.3. The minimum Gasteiger partial charge on any atom is -0.298 e. The highest BCUT2D eigenvalue weighted by Gasteiger charge is 2.35. The van der Waals surface area contributed by atoms with E-state index in [-0.39, 0.29) is 0 Å². The van der Waals surface area contributed by atoms with Crippen LogP contribution in [0.15, 0.2) is 16.8 Å². The monoisotopic (exact) mass is 264 g/mol. The molecule has 3 heterocycles. The number of thiophene rings is 1. The maximum atomic E-state index is 2.73. The second kappa shape index (κ2) is 5.32. The molecule has 0 saturated carbocycles. The van der Waals surface area contributed by atoms with E-state index in [1.807, 2.05) is 11.3 Å². The number of hydrogen-bond donors (Lipinski definition) is 0. The highest BCUT2D eigenvalue weighted by molar-refractivity contribution is 7.07. The molecule has 2 aliphatic heterocycles. The Kier molecular flexibility index (Phi) is 3.73. The van der Waals surface area contributed by atoms with Crippen LogP contribution in [0.25, 0.3) is 0 Å². The average Bonchev–Trinajstić information content (AvgIpc) is 2.91. The van der Waals surface area contributed by atoms with Crippen molar-refractivity contribution in [3.05, 3.63) is 22.4 Å². The molecule has 3 atom stereocenters. The van der Waals surface area contributed by atoms with Gasteiger partial charge in [-0.2, -0.15) is 11.3 Å². The molecular formula is C15H24N2S. The molecule has 0 aromatic carbocycles. The minimum absolute atomic E-state index is 0.579. The Bertz CT molecular complexity index is 376. The van der Waals surface area contributed by atoms with Crippen molar-refractivity contribution in [2.24, 2.45) is 0 Å². The zero-order valence-electron chi connectivity index (χ0n) is 11.5. The van der Waals surface area contributed by atoms with E-state index in [0.717, 1.165) is 6.04 Å². The summed E-state index contributed by atoms with van der Waals surface area (Å²) in [4.78, 5) is 5.44. The molecule has 3 rings (SSSR count). The first-order valence-corrected chi connectivity index (χ1v) is 8.22. The average molecular weight is 264 g/mol. The molecule has 0 spiro atoms. The quantitative estimate of drug-likeness (QED) is 0.808. The summed E-state index contributed by atoms with van der Waals surface area (Å²) >= 11 is 1.82. The molecular weight excluding hydrogens is 240 g/mol. The Morgan fingerprint density at radius 1 is 1.33 bits per heavy atom. The van der Waals surface area contributed by atoms with Crippen LogP contribution in [0.3, 0.4) is 0 Å². The van der Waals surface area contributed by atoms with E-state index in [0.29, 0.717) is 12.1 Å². The minimum atomic E-state index is 0.579. The molecule has 0 aliphatic carbocycles. The van der Waals surface area contributed by atoms with Gasteiger partial charge in [0.15, 0.2) is 0 Å². The van der Waals surface area contributed by atoms with E-state index in [9.17, 15) is 0 Å². The molecule has 0 radical (unpaired) electrons. The number of nitrogens with zero attached hydrogens (tertiary/aromatic N) is 2. The van der Waals surface area contributed by atoms with Crippen LogP contribution in [0.4, 0.5) is 0 Å². The van der Waals surface area contributed by atoms with Gasteiger partial charge in [-0.15, -0.1) is 0 Å². The first kappa shape index (κ1) is 12.6. The molecule has 2 fully saturated rings. The predicted octanol–water partition coefficient (Wildman–Crippen LogP) is 3.37. The van der Waals surface area contributed by atoms with Crippen molar-refractivity contribution in [2.45, 2.75) is 51.2 Å². The van der Waals surface area contributed by atoms with E-state index in [2.05, 4.69) is 40.5 Å². The van der Waals surface area contributed by atoms with Gasteiger partial charge in [0.05, 0.1) is 0 Å². The zero-order chi connectivity index (χ0) is 12.5. The number of piperazine rings is 1. The van der Waals surface area contributed by atoms with Crippen molar-refractivity contribution in [3.8, 4) is 0 Å². The van der Waals surface area contributed by atoms with E-state index in [1.54, 1.807) is 0 Å². The van der Waals surface area contributed by atoms with Crippen LogP contribution >= 0.6 is 11.3 Å². The standard InChI is InChI=1S/C15H24N2S/c1-12-9-16-7-4-3-5-15(16)10-17(12)13(2)14-6-8-18-11-14/h6,8,11-13,15H,3-5,7,9-10H2,1-2H3. The van der Waals surface area contributed by atoms with Gasteiger partial charge < -0.3 is 0 Å². The smallest absolute Gasteiger partial charge is 0.0332 e. The summed E-state index contributed by atoms with van der Waals surface area (Å²) in [6.45, 7) is 8.62. The summed E-state index contributed by atoms with van der Waals surface area (Å²) in [5, 5.41) is 4.51. The molecule has 0 N–H and O–H groups in total. The molecule has 18 heavy (non-hydrogen) atoms. The first-order chi connectivity index (χ1) is 8.75. The van der Waals surface area contributed by atoms with Gasteiger partial charge in [0.2, 0.25) is 0 Å². The van der Waals surface area contributed by atoms with Gasteiger partial charge >= 0.3 is 0 Å². The summed E-state index contributed by atoms with van der Waals surface area (Å²) in [5.41, 5.74) is 1.50. The van der Waals surface area contributed by atoms with Gasteiger partial charge in [-0.3, -0.25) is 9.80 Å². The summed E-state index contributed by atoms with van der Waals surface area (Å²) in [6, 6.07) is 4.37. The van der Waals surface area contributed by atoms with Gasteiger partial charge in [-0.05, 0) is 55.6 Å². The van der Waals surface area contributed by atoms with Crippen LogP contribution in [0.2, 0.25) is 0 Å². The van der Waals surface area contributed by atoms with Crippen molar-refractivity contribution in [1.82, 2.24) is 9.80 Å². The molecule has 2 saturated heterocycles. The second-order valence-electron chi connectivity index (χ2n) is 5.92. The second-order valence-corrected chi connectivity index (χ2v) is 6.70. The Morgan fingerprint density at radius 3 is 3.00 bits per heavy atom. The predicted molar refractivity (Wildman–Crippen MR) is 78.1 cm³/mol. The Morgan fingerprint density at radius 2 is 2.22 bits per heavy atom. The molecule has 2 aliphatic rings. The van der Waals surface area contributed by atoms with E-state index >= 15 is 0 Å². The molecule has 2 nitrogen and oxygen atoms in total. The SMILES string of the molecule is CC1CN2CCCCC2CN1C(C)c1ccsc1. The van der Waals surface area contributed by atoms with Crippen molar-refractivity contribution >= 4 is 11.3 Å². The fraction of sp³-hybridized carbons (Fsp3) is 0.733. The fourth-order valence-corrected chi connectivity index (χ4v) is 4.37. The van der Waals surface area contributed by atoms with Crippen molar-refractivity contribution in [1.29, 1.82) is 0 Å². The van der Waals surface area contributed by atoms with Crippen LogP contribution in [-0.4, -0.2) is 41.5 Å². The molecule has 1 aromatic heterocycles. The molecule has 1 aromatic rings. The summed E-state index contributed by atoms with van der Waals surface area (Å²) in [6.07, 6.45) is 4.24. The highest BCUT2D eigenvalue weighted by Crippen LogP contribution is 2.31. The number of fused-ring (bicyclic) bond motifs is 1. The lowest BCUT2D eigenvalue weighted by molar-refractivity contribution is -0.00451. The van der Waals surface area contributed by atoms with Gasteiger partial charge in [0.25, 0.3) is 0 Å². The van der Waals surface area contributed by atoms with Crippen LogP contribution in [0.5, 0.6) is 0 Å². The molecule has 3 unspecified atom stereocenters. The first-order valence-electron chi connectivity index (χ1n) is 7.27. The third kappa shape index (κ3) is 2.36. The van der Waals surface area contributed by atoms with Gasteiger partial charge in [0.1, 0.15) is 0 Å². The van der Waals surface area contributed by atoms with Crippen LogP contribution in [0, 0.1) is 0 Å². The summed E-state index contributed by atoms with van der Waals surface area (Å²) in [5.74, 6) is 0. The normalized spacial score (nSPS) is 32.1. The summed E-state index contributed by atoms with van der Waals surface area (Å²) in [7, 11) is 0. The Labute approximate surface area is 115 Å². The largest absolute Gasteiger partial charge is 0.298 e. The van der Waals surface area contributed by atoms with Gasteiger partial charge in [0, 0.05) is 31.2 Å². The van der Waals surface area contributed by atoms with Crippen molar-refractivity contribution in [3.63, 3.8) is 0 Å². The van der Waals surface area contributed by atoms with E-state index < -0.39 is 0 Å². The maximum absolute atomic E-state index is 2.73. The third-order valence-corrected chi connectivity index (χ3v) is 5.46. The third-order valence-electron chi connectivity index (χ3n) is 4.76. The van der Waals surface area contributed by atoms with Crippen molar-refractivity contribution < 1.29 is 0 Å². The number of hydrogen-bond acceptors (Lipinski definition) is 3. The van der Waals surface area contributed by atoms with Crippen LogP contribution < -0.4 is 0 Å². The lowest BCUT2D eigenvalue weighted by atomic mass is 9.95. The Hall–Kier alpha value is -0.380. The lowest BCUT2D eigenvalue weighted by Crippen LogP contribution is -2.58. The Balaban J connectivity index is 1.72. The van der Waals surface area contributed by atoms with Crippen molar-refractivity contribution in [2.75, 3.05) is 19.6 Å². The van der Waals surface area contributed by atoms with Gasteiger partial charge in [-0.1, -0.05) is 6.42 Å².